The number of hydrogen-bond donors (Lipinski definition) is 0. The molecule has 0 saturated heterocycles. The molecule has 0 aromatic rings. The molecule has 0 heterocycles. The molecule has 0 aromatic heterocycles. The average Bonchev–Trinajstić information content (AvgIpc) is 3.00. The van der Waals surface area contributed by atoms with Crippen LogP contribution in [0, 0.1) is 5.92 Å². The molecule has 0 aliphatic heterocycles. The molecule has 264 valence electrons. The lowest BCUT2D eigenvalue weighted by atomic mass is 9.91. The quantitative estimate of drug-likeness (QED) is 0.0396. The minimum absolute atomic E-state index is 0.114. The Morgan fingerprint density at radius 3 is 1.18 bits per heavy atom. The van der Waals surface area contributed by atoms with Crippen molar-refractivity contribution in [1.82, 2.24) is 0 Å². The first kappa shape index (κ1) is 43.8. The molecule has 3 heteroatoms. The van der Waals surface area contributed by atoms with Crippen LogP contribution in [0.2, 0.25) is 0 Å². The highest BCUT2D eigenvalue weighted by molar-refractivity contribution is 5.88. The first-order chi connectivity index (χ1) is 21.8. The van der Waals surface area contributed by atoms with Crippen LogP contribution in [0.25, 0.3) is 0 Å². The van der Waals surface area contributed by atoms with Crippen LogP contribution in [0.1, 0.15) is 200 Å². The smallest absolute Gasteiger partial charge is 0.142 e. The topological polar surface area (TPSA) is 34.1 Å². The molecule has 0 saturated carbocycles. The lowest BCUT2D eigenvalue weighted by Crippen LogP contribution is -2.42. The molecular formula is C42H80NO2+. The van der Waals surface area contributed by atoms with E-state index >= 15 is 0 Å². The Kier molecular flexibility index (Phi) is 31.8. The Morgan fingerprint density at radius 1 is 0.467 bits per heavy atom. The predicted octanol–water partition coefficient (Wildman–Crippen LogP) is 12.9. The van der Waals surface area contributed by atoms with Gasteiger partial charge in [-0.25, -0.2) is 0 Å². The lowest BCUT2D eigenvalue weighted by molar-refractivity contribution is -0.872. The van der Waals surface area contributed by atoms with Gasteiger partial charge in [-0.2, -0.15) is 0 Å². The highest BCUT2D eigenvalue weighted by Gasteiger charge is 2.27. The molecule has 0 N–H and O–H groups in total. The Labute approximate surface area is 283 Å². The maximum Gasteiger partial charge on any atom is 0.142 e. The van der Waals surface area contributed by atoms with Gasteiger partial charge >= 0.3 is 0 Å². The number of rotatable bonds is 35. The van der Waals surface area contributed by atoms with Crippen LogP contribution >= 0.6 is 0 Å². The van der Waals surface area contributed by atoms with Gasteiger partial charge < -0.3 is 4.48 Å². The van der Waals surface area contributed by atoms with E-state index in [1.165, 1.54) is 141 Å². The predicted molar refractivity (Wildman–Crippen MR) is 200 cm³/mol. The van der Waals surface area contributed by atoms with Crippen molar-refractivity contribution in [2.24, 2.45) is 5.92 Å². The van der Waals surface area contributed by atoms with E-state index in [-0.39, 0.29) is 5.92 Å². The van der Waals surface area contributed by atoms with Gasteiger partial charge in [-0.15, -0.1) is 0 Å². The minimum Gasteiger partial charge on any atom is -0.330 e. The Hall–Kier alpha value is -1.22. The van der Waals surface area contributed by atoms with Gasteiger partial charge in [0.15, 0.2) is 0 Å². The van der Waals surface area contributed by atoms with Crippen LogP contribution in [0.3, 0.4) is 0 Å². The van der Waals surface area contributed by atoms with Gasteiger partial charge in [0, 0.05) is 19.3 Å². The molecule has 3 nitrogen and oxygen atoms in total. The molecule has 0 radical (unpaired) electrons. The molecule has 45 heavy (non-hydrogen) atoms. The van der Waals surface area contributed by atoms with Crippen molar-refractivity contribution in [3.8, 4) is 0 Å². The first-order valence-electron chi connectivity index (χ1n) is 19.9. The van der Waals surface area contributed by atoms with Crippen LogP contribution in [-0.2, 0) is 9.59 Å². The average molecular weight is 631 g/mol. The van der Waals surface area contributed by atoms with Crippen molar-refractivity contribution in [2.75, 3.05) is 27.7 Å². The third-order valence-electron chi connectivity index (χ3n) is 9.10. The highest BCUT2D eigenvalue weighted by Crippen LogP contribution is 2.18. The maximum absolute atomic E-state index is 13.1. The van der Waals surface area contributed by atoms with Crippen molar-refractivity contribution >= 4 is 11.6 Å². The summed E-state index contributed by atoms with van der Waals surface area (Å²) >= 11 is 0. The third kappa shape index (κ3) is 33.9. The van der Waals surface area contributed by atoms with Gasteiger partial charge in [0.25, 0.3) is 0 Å². The molecule has 0 aromatic carbocycles. The molecule has 0 rings (SSSR count). The number of unbranched alkanes of at least 4 members (excludes halogenated alkanes) is 22. The van der Waals surface area contributed by atoms with Gasteiger partial charge in [0.1, 0.15) is 11.6 Å². The number of allylic oxidation sites excluding steroid dienone is 4. The second-order valence-corrected chi connectivity index (χ2v) is 15.0. The monoisotopic (exact) mass is 631 g/mol. The molecule has 0 aliphatic rings. The summed E-state index contributed by atoms with van der Waals surface area (Å²) < 4.78 is 0.740. The zero-order valence-electron chi connectivity index (χ0n) is 31.4. The summed E-state index contributed by atoms with van der Waals surface area (Å²) in [5.74, 6) is 0.500. The summed E-state index contributed by atoms with van der Waals surface area (Å²) in [4.78, 5) is 25.9. The Morgan fingerprint density at radius 2 is 0.800 bits per heavy atom. The number of carbonyl (C=O) groups excluding carboxylic acids is 2. The van der Waals surface area contributed by atoms with Crippen LogP contribution in [0.5, 0.6) is 0 Å². The molecular weight excluding hydrogens is 550 g/mol. The Balaban J connectivity index is 3.94. The molecule has 0 aliphatic carbocycles. The number of nitrogens with zero attached hydrogens (tertiary/aromatic N) is 1. The summed E-state index contributed by atoms with van der Waals surface area (Å²) in [6.45, 7) is 5.31. The molecule has 0 unspecified atom stereocenters. The van der Waals surface area contributed by atoms with E-state index in [2.05, 4.69) is 59.3 Å². The number of quaternary nitrogens is 1. The summed E-state index contributed by atoms with van der Waals surface area (Å²) in [6, 6.07) is 0. The van der Waals surface area contributed by atoms with E-state index in [0.29, 0.717) is 30.8 Å². The maximum atomic E-state index is 13.1. The van der Waals surface area contributed by atoms with Gasteiger partial charge in [0.2, 0.25) is 0 Å². The fourth-order valence-corrected chi connectivity index (χ4v) is 6.29. The molecule has 0 amide bonds. The van der Waals surface area contributed by atoms with E-state index < -0.39 is 0 Å². The largest absolute Gasteiger partial charge is 0.330 e. The molecule has 0 fully saturated rings. The highest BCUT2D eigenvalue weighted by atomic mass is 16.1. The van der Waals surface area contributed by atoms with Gasteiger partial charge in [-0.05, 0) is 64.2 Å². The van der Waals surface area contributed by atoms with Crippen molar-refractivity contribution in [1.29, 1.82) is 0 Å². The SMILES string of the molecule is CCCCCCCC/C=C\CCCCCCCC(=O)C[C@H](C[N+](C)(C)C)C(=O)CCCCCCC/C=C\CCCCCCCC. The summed E-state index contributed by atoms with van der Waals surface area (Å²) in [7, 11) is 6.41. The summed E-state index contributed by atoms with van der Waals surface area (Å²) in [5.41, 5.74) is 0. The minimum atomic E-state index is -0.114. The number of hydrogen-bond acceptors (Lipinski definition) is 2. The number of Topliss-reactive ketones (excluding diaryl/α,β-unsaturated/α-hetero) is 2. The van der Waals surface area contributed by atoms with Crippen molar-refractivity contribution in [3.05, 3.63) is 24.3 Å². The standard InChI is InChI=1S/C42H80NO2/c1-6-8-10-12-14-16-18-20-22-24-26-28-30-32-34-36-41(44)38-40(39-43(3,4)5)42(45)37-35-33-31-29-27-25-23-21-19-17-15-13-11-9-7-2/h20-23,40H,6-19,24-39H2,1-5H3/q+1/b22-20-,23-21-/t40-/m1/s1. The van der Waals surface area contributed by atoms with E-state index in [4.69, 9.17) is 0 Å². The van der Waals surface area contributed by atoms with Gasteiger partial charge in [-0.3, -0.25) is 9.59 Å². The first-order valence-corrected chi connectivity index (χ1v) is 19.9. The van der Waals surface area contributed by atoms with Crippen molar-refractivity contribution in [3.63, 3.8) is 0 Å². The fraction of sp³-hybridized carbons (Fsp3) is 0.857. The van der Waals surface area contributed by atoms with Crippen LogP contribution < -0.4 is 0 Å². The fourth-order valence-electron chi connectivity index (χ4n) is 6.29. The zero-order valence-corrected chi connectivity index (χ0v) is 31.4. The van der Waals surface area contributed by atoms with Crippen LogP contribution in [-0.4, -0.2) is 43.7 Å². The zero-order chi connectivity index (χ0) is 33.3. The van der Waals surface area contributed by atoms with E-state index in [9.17, 15) is 9.59 Å². The van der Waals surface area contributed by atoms with Crippen molar-refractivity contribution in [2.45, 2.75) is 200 Å². The van der Waals surface area contributed by atoms with Crippen LogP contribution in [0.4, 0.5) is 0 Å². The second kappa shape index (κ2) is 32.7. The summed E-state index contributed by atoms with van der Waals surface area (Å²) in [5, 5.41) is 0. The molecule has 1 atom stereocenters. The Bertz CT molecular complexity index is 717. The lowest BCUT2D eigenvalue weighted by Gasteiger charge is -2.28. The molecule has 0 bridgehead atoms. The van der Waals surface area contributed by atoms with E-state index in [0.717, 1.165) is 36.7 Å². The number of carbonyl (C=O) groups is 2. The van der Waals surface area contributed by atoms with E-state index in [1.54, 1.807) is 0 Å². The van der Waals surface area contributed by atoms with Gasteiger partial charge in [-0.1, -0.05) is 141 Å². The second-order valence-electron chi connectivity index (χ2n) is 15.0. The van der Waals surface area contributed by atoms with Crippen molar-refractivity contribution < 1.29 is 14.1 Å². The van der Waals surface area contributed by atoms with Gasteiger partial charge in [0.05, 0.1) is 33.6 Å². The third-order valence-corrected chi connectivity index (χ3v) is 9.10. The normalized spacial score (nSPS) is 12.9. The summed E-state index contributed by atoms with van der Waals surface area (Å²) in [6.07, 6.45) is 44.3. The molecule has 0 spiro atoms. The van der Waals surface area contributed by atoms with E-state index in [1.807, 2.05) is 0 Å². The van der Waals surface area contributed by atoms with Crippen LogP contribution in [0.15, 0.2) is 24.3 Å². The number of ketones is 2.